The van der Waals surface area contributed by atoms with Gasteiger partial charge in [0.15, 0.2) is 0 Å². The molecule has 1 aromatic heterocycles. The highest BCUT2D eigenvalue weighted by Crippen LogP contribution is 2.33. The Morgan fingerprint density at radius 3 is 2.93 bits per heavy atom. The average Bonchev–Trinajstić information content (AvgIpc) is 3.01. The number of primary amides is 1. The van der Waals surface area contributed by atoms with Crippen molar-refractivity contribution in [2.45, 2.75) is 23.8 Å². The second-order valence-corrected chi connectivity index (χ2v) is 4.25. The first kappa shape index (κ1) is 10.3. The highest BCUT2D eigenvalue weighted by Gasteiger charge is 2.25. The molecule has 0 unspecified atom stereocenters. The van der Waals surface area contributed by atoms with Crippen LogP contribution in [0.4, 0.5) is 0 Å². The van der Waals surface area contributed by atoms with Crippen LogP contribution >= 0.6 is 11.8 Å². The second kappa shape index (κ2) is 4.10. The summed E-state index contributed by atoms with van der Waals surface area (Å²) in [5, 5.41) is 0. The number of hydrogen-bond acceptors (Lipinski definition) is 4. The quantitative estimate of drug-likeness (QED) is 0.786. The van der Waals surface area contributed by atoms with Gasteiger partial charge >= 0.3 is 0 Å². The normalized spacial score (nSPS) is 15.0. The molecule has 0 aromatic carbocycles. The first-order chi connectivity index (χ1) is 7.20. The molecule has 5 heteroatoms. The summed E-state index contributed by atoms with van der Waals surface area (Å²) in [7, 11) is 0. The van der Waals surface area contributed by atoms with Crippen molar-refractivity contribution in [1.82, 2.24) is 4.98 Å². The predicted molar refractivity (Wildman–Crippen MR) is 58.2 cm³/mol. The molecule has 15 heavy (non-hydrogen) atoms. The molecule has 80 valence electrons. The van der Waals surface area contributed by atoms with Gasteiger partial charge in [-0.25, -0.2) is 4.98 Å². The lowest BCUT2D eigenvalue weighted by Crippen LogP contribution is -2.13. The van der Waals surface area contributed by atoms with Gasteiger partial charge in [0.2, 0.25) is 0 Å². The molecule has 1 heterocycles. The van der Waals surface area contributed by atoms with Gasteiger partial charge in [0.05, 0.1) is 11.0 Å². The van der Waals surface area contributed by atoms with Gasteiger partial charge in [-0.05, 0) is 19.1 Å². The fourth-order valence-electron chi connectivity index (χ4n) is 1.17. The average molecular weight is 224 g/mol. The summed E-state index contributed by atoms with van der Waals surface area (Å²) in [6.07, 6.45) is 6.05. The van der Waals surface area contributed by atoms with Crippen molar-refractivity contribution in [2.24, 2.45) is 5.73 Å². The highest BCUT2D eigenvalue weighted by atomic mass is 32.2. The van der Waals surface area contributed by atoms with Crippen molar-refractivity contribution in [1.29, 1.82) is 0 Å². The number of pyridine rings is 1. The topological polar surface area (TPSA) is 65.2 Å². The molecule has 0 spiro atoms. The third kappa shape index (κ3) is 2.41. The van der Waals surface area contributed by atoms with Crippen LogP contribution in [0.2, 0.25) is 0 Å². The predicted octanol–water partition coefficient (Wildman–Crippen LogP) is 1.44. The molecule has 1 aromatic rings. The number of carbonyl (C=O) groups is 1. The molecular weight excluding hydrogens is 212 g/mol. The van der Waals surface area contributed by atoms with Gasteiger partial charge in [0.25, 0.3) is 5.91 Å². The summed E-state index contributed by atoms with van der Waals surface area (Å²) in [6.45, 7) is 0. The molecule has 1 aliphatic carbocycles. The van der Waals surface area contributed by atoms with Crippen LogP contribution in [0.15, 0.2) is 17.2 Å². The Kier molecular flexibility index (Phi) is 2.81. The van der Waals surface area contributed by atoms with Crippen molar-refractivity contribution in [3.05, 3.63) is 18.0 Å². The van der Waals surface area contributed by atoms with E-state index in [1.165, 1.54) is 0 Å². The van der Waals surface area contributed by atoms with Crippen molar-refractivity contribution < 1.29 is 9.53 Å². The van der Waals surface area contributed by atoms with E-state index in [2.05, 4.69) is 4.98 Å². The third-order valence-corrected chi connectivity index (χ3v) is 2.87. The Morgan fingerprint density at radius 1 is 1.67 bits per heavy atom. The molecule has 0 bridgehead atoms. The van der Waals surface area contributed by atoms with Crippen LogP contribution < -0.4 is 10.5 Å². The minimum atomic E-state index is -0.525. The zero-order chi connectivity index (χ0) is 10.8. The summed E-state index contributed by atoms with van der Waals surface area (Å²) in [5.74, 6) is 0.192. The van der Waals surface area contributed by atoms with E-state index in [9.17, 15) is 4.79 Å². The van der Waals surface area contributed by atoms with Gasteiger partial charge in [-0.3, -0.25) is 4.79 Å². The van der Waals surface area contributed by atoms with Crippen molar-refractivity contribution in [3.63, 3.8) is 0 Å². The molecule has 1 aliphatic rings. The number of rotatable bonds is 4. The van der Waals surface area contributed by atoms with E-state index >= 15 is 0 Å². The summed E-state index contributed by atoms with van der Waals surface area (Å²) in [4.78, 5) is 15.9. The number of nitrogens with two attached hydrogens (primary N) is 1. The van der Waals surface area contributed by atoms with Crippen molar-refractivity contribution >= 4 is 17.7 Å². The van der Waals surface area contributed by atoms with Crippen LogP contribution in [-0.2, 0) is 0 Å². The van der Waals surface area contributed by atoms with E-state index in [0.29, 0.717) is 11.9 Å². The molecule has 0 atom stereocenters. The van der Waals surface area contributed by atoms with Crippen LogP contribution in [0, 0.1) is 0 Å². The Morgan fingerprint density at radius 2 is 2.40 bits per heavy atom. The number of amides is 1. The fraction of sp³-hybridized carbons (Fsp3) is 0.400. The first-order valence-corrected chi connectivity index (χ1v) is 5.93. The molecule has 0 radical (unpaired) electrons. The maximum Gasteiger partial charge on any atom is 0.267 e. The summed E-state index contributed by atoms with van der Waals surface area (Å²) in [5.41, 5.74) is 5.41. The molecule has 0 saturated heterocycles. The SMILES string of the molecule is CSc1cnc(C(N)=O)cc1OC1CC1. The maximum absolute atomic E-state index is 11.0. The molecule has 2 rings (SSSR count). The molecule has 1 fully saturated rings. The van der Waals surface area contributed by atoms with E-state index in [1.807, 2.05) is 6.26 Å². The summed E-state index contributed by atoms with van der Waals surface area (Å²) in [6, 6.07) is 1.62. The molecule has 2 N–H and O–H groups in total. The molecule has 1 amide bonds. The standard InChI is InChI=1S/C10H12N2O2S/c1-15-9-5-12-7(10(11)13)4-8(9)14-6-2-3-6/h4-6H,2-3H2,1H3,(H2,11,13). The number of hydrogen-bond donors (Lipinski definition) is 1. The van der Waals surface area contributed by atoms with Gasteiger partial charge in [-0.2, -0.15) is 0 Å². The molecule has 4 nitrogen and oxygen atoms in total. The van der Waals surface area contributed by atoms with Crippen LogP contribution in [0.25, 0.3) is 0 Å². The van der Waals surface area contributed by atoms with Crippen molar-refractivity contribution in [2.75, 3.05) is 6.26 Å². The van der Waals surface area contributed by atoms with Gasteiger partial charge in [0.1, 0.15) is 11.4 Å². The zero-order valence-electron chi connectivity index (χ0n) is 8.40. The Bertz CT molecular complexity index is 391. The minimum absolute atomic E-state index is 0.253. The van der Waals surface area contributed by atoms with Gasteiger partial charge in [-0.1, -0.05) is 0 Å². The highest BCUT2D eigenvalue weighted by molar-refractivity contribution is 7.98. The lowest BCUT2D eigenvalue weighted by atomic mass is 10.3. The number of thioether (sulfide) groups is 1. The molecule has 0 aliphatic heterocycles. The van der Waals surface area contributed by atoms with Crippen LogP contribution in [0.1, 0.15) is 23.3 Å². The zero-order valence-corrected chi connectivity index (χ0v) is 9.21. The van der Waals surface area contributed by atoms with Crippen LogP contribution in [0.5, 0.6) is 5.75 Å². The van der Waals surface area contributed by atoms with Gasteiger partial charge < -0.3 is 10.5 Å². The maximum atomic E-state index is 11.0. The lowest BCUT2D eigenvalue weighted by molar-refractivity contribution is 0.0995. The second-order valence-electron chi connectivity index (χ2n) is 3.40. The Hall–Kier alpha value is -1.23. The summed E-state index contributed by atoms with van der Waals surface area (Å²) >= 11 is 1.55. The van der Waals surface area contributed by atoms with Gasteiger partial charge in [0, 0.05) is 12.3 Å². The van der Waals surface area contributed by atoms with E-state index in [1.54, 1.807) is 24.0 Å². The third-order valence-electron chi connectivity index (χ3n) is 2.12. The number of carbonyl (C=O) groups excluding carboxylic acids is 1. The molecule has 1 saturated carbocycles. The monoisotopic (exact) mass is 224 g/mol. The van der Waals surface area contributed by atoms with E-state index < -0.39 is 5.91 Å². The number of aromatic nitrogens is 1. The molecular formula is C10H12N2O2S. The minimum Gasteiger partial charge on any atom is -0.489 e. The van der Waals surface area contributed by atoms with E-state index in [-0.39, 0.29) is 5.69 Å². The van der Waals surface area contributed by atoms with E-state index in [4.69, 9.17) is 10.5 Å². The summed E-state index contributed by atoms with van der Waals surface area (Å²) < 4.78 is 5.67. The van der Waals surface area contributed by atoms with Crippen LogP contribution in [0.3, 0.4) is 0 Å². The van der Waals surface area contributed by atoms with E-state index in [0.717, 1.165) is 17.7 Å². The number of nitrogens with zero attached hydrogens (tertiary/aromatic N) is 1. The smallest absolute Gasteiger partial charge is 0.267 e. The fourth-order valence-corrected chi connectivity index (χ4v) is 1.64. The Balaban J connectivity index is 2.28. The van der Waals surface area contributed by atoms with Crippen LogP contribution in [-0.4, -0.2) is 23.3 Å². The number of ether oxygens (including phenoxy) is 1. The largest absolute Gasteiger partial charge is 0.489 e. The Labute approximate surface area is 92.2 Å². The van der Waals surface area contributed by atoms with Gasteiger partial charge in [-0.15, -0.1) is 11.8 Å². The first-order valence-electron chi connectivity index (χ1n) is 4.71. The lowest BCUT2D eigenvalue weighted by Gasteiger charge is -2.09. The van der Waals surface area contributed by atoms with Crippen molar-refractivity contribution in [3.8, 4) is 5.75 Å².